The van der Waals surface area contributed by atoms with Gasteiger partial charge in [-0.25, -0.2) is 4.98 Å². The Morgan fingerprint density at radius 1 is 1.37 bits per heavy atom. The van der Waals surface area contributed by atoms with Crippen molar-refractivity contribution < 1.29 is 9.53 Å². The molecule has 0 unspecified atom stereocenters. The van der Waals surface area contributed by atoms with Crippen LogP contribution in [-0.4, -0.2) is 40.6 Å². The third-order valence-electron chi connectivity index (χ3n) is 4.77. The maximum atomic E-state index is 12.5. The number of fused-ring (bicyclic) bond motifs is 2. The Kier molecular flexibility index (Phi) is 4.54. The number of nitrogens with zero attached hydrogens (tertiary/aromatic N) is 3. The minimum absolute atomic E-state index is 0.0583. The second-order valence-electron chi connectivity index (χ2n) is 6.67. The van der Waals surface area contributed by atoms with Crippen molar-refractivity contribution in [2.75, 3.05) is 25.5 Å². The van der Waals surface area contributed by atoms with Gasteiger partial charge >= 0.3 is 0 Å². The van der Waals surface area contributed by atoms with Gasteiger partial charge in [0.15, 0.2) is 11.6 Å². The number of likely N-dealkylation sites (N-methyl/N-ethyl adjacent to an activating group) is 1. The number of carbonyl (C=O) groups excluding carboxylic acids is 1. The first kappa shape index (κ1) is 17.1. The number of benzene rings is 1. The van der Waals surface area contributed by atoms with E-state index < -0.39 is 0 Å². The van der Waals surface area contributed by atoms with E-state index in [1.165, 1.54) is 5.39 Å². The minimum Gasteiger partial charge on any atom is -0.488 e. The molecule has 1 N–H and O–H groups in total. The standard InChI is InChI=1S/C21H22N4O2/c1-24(14-17-12-16-5-3-4-6-18(16)25(17)2)20(26)8-7-15-11-19-21(23-13-15)22-9-10-27-19/h3-8,11-13H,9-10,14H2,1-2H3,(H,22,23)/b8-7+. The molecule has 0 saturated heterocycles. The number of para-hydroxylation sites is 1. The molecule has 1 aliphatic heterocycles. The summed E-state index contributed by atoms with van der Waals surface area (Å²) in [5, 5.41) is 4.36. The molecular formula is C21H22N4O2. The van der Waals surface area contributed by atoms with Crippen LogP contribution in [0.3, 0.4) is 0 Å². The molecule has 3 aromatic rings. The Hall–Kier alpha value is -3.28. The van der Waals surface area contributed by atoms with Crippen molar-refractivity contribution in [3.63, 3.8) is 0 Å². The van der Waals surface area contributed by atoms with Crippen LogP contribution < -0.4 is 10.1 Å². The van der Waals surface area contributed by atoms with Gasteiger partial charge in [-0.15, -0.1) is 0 Å². The highest BCUT2D eigenvalue weighted by Gasteiger charge is 2.12. The number of amides is 1. The highest BCUT2D eigenvalue weighted by Crippen LogP contribution is 2.26. The van der Waals surface area contributed by atoms with Gasteiger partial charge in [0.25, 0.3) is 0 Å². The van der Waals surface area contributed by atoms with Gasteiger partial charge in [0.2, 0.25) is 5.91 Å². The Balaban J connectivity index is 1.45. The summed E-state index contributed by atoms with van der Waals surface area (Å²) in [5.74, 6) is 1.41. The lowest BCUT2D eigenvalue weighted by Crippen LogP contribution is -2.25. The molecule has 0 bridgehead atoms. The summed E-state index contributed by atoms with van der Waals surface area (Å²) in [5.41, 5.74) is 3.09. The van der Waals surface area contributed by atoms with E-state index in [-0.39, 0.29) is 5.91 Å². The fraction of sp³-hybridized carbons (Fsp3) is 0.238. The van der Waals surface area contributed by atoms with Crippen molar-refractivity contribution in [3.8, 4) is 5.75 Å². The molecule has 4 rings (SSSR count). The Bertz CT molecular complexity index is 1020. The summed E-state index contributed by atoms with van der Waals surface area (Å²) < 4.78 is 7.71. The van der Waals surface area contributed by atoms with Crippen LogP contribution in [0.1, 0.15) is 11.3 Å². The Labute approximate surface area is 158 Å². The molecule has 1 aliphatic rings. The van der Waals surface area contributed by atoms with Gasteiger partial charge < -0.3 is 19.5 Å². The molecule has 0 aliphatic carbocycles. The van der Waals surface area contributed by atoms with Crippen LogP contribution in [0.2, 0.25) is 0 Å². The first-order valence-electron chi connectivity index (χ1n) is 8.95. The van der Waals surface area contributed by atoms with E-state index in [4.69, 9.17) is 4.74 Å². The van der Waals surface area contributed by atoms with Crippen molar-refractivity contribution >= 4 is 28.7 Å². The van der Waals surface area contributed by atoms with Gasteiger partial charge in [-0.05, 0) is 35.2 Å². The summed E-state index contributed by atoms with van der Waals surface area (Å²) in [6, 6.07) is 12.2. The van der Waals surface area contributed by atoms with E-state index >= 15 is 0 Å². The maximum absolute atomic E-state index is 12.5. The minimum atomic E-state index is -0.0583. The highest BCUT2D eigenvalue weighted by molar-refractivity contribution is 5.91. The van der Waals surface area contributed by atoms with Gasteiger partial charge in [-0.1, -0.05) is 18.2 Å². The predicted octanol–water partition coefficient (Wildman–Crippen LogP) is 3.05. The smallest absolute Gasteiger partial charge is 0.246 e. The molecule has 1 amide bonds. The Morgan fingerprint density at radius 3 is 3.07 bits per heavy atom. The molecule has 2 aromatic heterocycles. The van der Waals surface area contributed by atoms with E-state index in [1.807, 2.05) is 32.3 Å². The van der Waals surface area contributed by atoms with Gasteiger partial charge in [0, 0.05) is 37.6 Å². The predicted molar refractivity (Wildman–Crippen MR) is 107 cm³/mol. The van der Waals surface area contributed by atoms with E-state index in [9.17, 15) is 4.79 Å². The van der Waals surface area contributed by atoms with Gasteiger partial charge in [0.05, 0.1) is 13.1 Å². The maximum Gasteiger partial charge on any atom is 0.246 e. The van der Waals surface area contributed by atoms with Crippen LogP contribution in [0.5, 0.6) is 5.75 Å². The Morgan fingerprint density at radius 2 is 2.22 bits per heavy atom. The van der Waals surface area contributed by atoms with E-state index in [0.29, 0.717) is 13.2 Å². The number of aryl methyl sites for hydroxylation is 1. The molecule has 138 valence electrons. The third-order valence-corrected chi connectivity index (χ3v) is 4.77. The van der Waals surface area contributed by atoms with E-state index in [0.717, 1.165) is 34.9 Å². The van der Waals surface area contributed by atoms with Crippen molar-refractivity contribution in [1.29, 1.82) is 0 Å². The fourth-order valence-corrected chi connectivity index (χ4v) is 3.24. The van der Waals surface area contributed by atoms with Crippen LogP contribution in [-0.2, 0) is 18.4 Å². The first-order valence-corrected chi connectivity index (χ1v) is 8.95. The second-order valence-corrected chi connectivity index (χ2v) is 6.67. The number of nitrogens with one attached hydrogen (secondary N) is 1. The normalized spacial score (nSPS) is 13.3. The monoisotopic (exact) mass is 362 g/mol. The zero-order chi connectivity index (χ0) is 18.8. The molecule has 3 heterocycles. The summed E-state index contributed by atoms with van der Waals surface area (Å²) in [7, 11) is 3.83. The zero-order valence-electron chi connectivity index (χ0n) is 15.5. The molecule has 0 atom stereocenters. The number of anilines is 1. The second kappa shape index (κ2) is 7.15. The number of hydrogen-bond donors (Lipinski definition) is 1. The summed E-state index contributed by atoms with van der Waals surface area (Å²) in [4.78, 5) is 18.5. The van der Waals surface area contributed by atoms with E-state index in [2.05, 4.69) is 33.1 Å². The molecule has 1 aromatic carbocycles. The van der Waals surface area contributed by atoms with Gasteiger partial charge in [-0.3, -0.25) is 4.79 Å². The molecule has 6 heteroatoms. The van der Waals surface area contributed by atoms with Crippen LogP contribution in [0.4, 0.5) is 5.82 Å². The molecule has 6 nitrogen and oxygen atoms in total. The molecule has 0 spiro atoms. The number of carbonyl (C=O) groups is 1. The molecule has 0 fully saturated rings. The number of hydrogen-bond acceptors (Lipinski definition) is 4. The third kappa shape index (κ3) is 3.51. The van der Waals surface area contributed by atoms with Crippen LogP contribution >= 0.6 is 0 Å². The lowest BCUT2D eigenvalue weighted by molar-refractivity contribution is -0.125. The topological polar surface area (TPSA) is 59.4 Å². The fourth-order valence-electron chi connectivity index (χ4n) is 3.24. The quantitative estimate of drug-likeness (QED) is 0.725. The van der Waals surface area contributed by atoms with Gasteiger partial charge in [-0.2, -0.15) is 0 Å². The van der Waals surface area contributed by atoms with Crippen molar-refractivity contribution in [1.82, 2.24) is 14.5 Å². The van der Waals surface area contributed by atoms with Crippen molar-refractivity contribution in [2.45, 2.75) is 6.54 Å². The van der Waals surface area contributed by atoms with Crippen LogP contribution in [0.25, 0.3) is 17.0 Å². The first-order chi connectivity index (χ1) is 13.1. The average molecular weight is 362 g/mol. The molecule has 27 heavy (non-hydrogen) atoms. The highest BCUT2D eigenvalue weighted by atomic mass is 16.5. The number of ether oxygens (including phenoxy) is 1. The molecule has 0 saturated carbocycles. The average Bonchev–Trinajstić information content (AvgIpc) is 3.01. The SMILES string of the molecule is CN(Cc1cc2ccccc2n1C)C(=O)/C=C/c1cnc2c(c1)OCCN2. The van der Waals surface area contributed by atoms with Crippen LogP contribution in [0, 0.1) is 0 Å². The van der Waals surface area contributed by atoms with Crippen LogP contribution in [0.15, 0.2) is 48.7 Å². The van der Waals surface area contributed by atoms with E-state index in [1.54, 1.807) is 23.2 Å². The van der Waals surface area contributed by atoms with Gasteiger partial charge in [0.1, 0.15) is 6.61 Å². The largest absolute Gasteiger partial charge is 0.488 e. The molecular weight excluding hydrogens is 340 g/mol. The number of pyridine rings is 1. The van der Waals surface area contributed by atoms with Crippen molar-refractivity contribution in [2.24, 2.45) is 7.05 Å². The summed E-state index contributed by atoms with van der Waals surface area (Å²) in [6.07, 6.45) is 5.07. The number of aromatic nitrogens is 2. The molecule has 0 radical (unpaired) electrons. The summed E-state index contributed by atoms with van der Waals surface area (Å²) >= 11 is 0. The van der Waals surface area contributed by atoms with Crippen molar-refractivity contribution in [3.05, 3.63) is 59.9 Å². The zero-order valence-corrected chi connectivity index (χ0v) is 15.5. The lowest BCUT2D eigenvalue weighted by atomic mass is 10.2. The summed E-state index contributed by atoms with van der Waals surface area (Å²) in [6.45, 7) is 1.92. The number of rotatable bonds is 4. The lowest BCUT2D eigenvalue weighted by Gasteiger charge is -2.18.